The molecule has 0 amide bonds. The van der Waals surface area contributed by atoms with Gasteiger partial charge in [-0.2, -0.15) is 5.26 Å². The van der Waals surface area contributed by atoms with E-state index in [1.165, 1.54) is 0 Å². The molecule has 124 valence electrons. The second-order valence-corrected chi connectivity index (χ2v) is 6.93. The van der Waals surface area contributed by atoms with Crippen LogP contribution in [0.2, 0.25) is 0 Å². The second kappa shape index (κ2) is 6.39. The normalized spacial score (nSPS) is 20.0. The zero-order valence-corrected chi connectivity index (χ0v) is 14.3. The zero-order chi connectivity index (χ0) is 17.3. The lowest BCUT2D eigenvalue weighted by molar-refractivity contribution is -0.912. The maximum atomic E-state index is 12.8. The lowest BCUT2D eigenvalue weighted by Crippen LogP contribution is -2.58. The standard InChI is InChI=1S/C18H19ClN3O2/c1-22(10-4-7-20)11-8-21(9-12-22)16-15(19)17(23)13-5-2-3-6-14(13)18(16)24/h2-3,5-6H,4,8-12H2,1H3/q+1. The Morgan fingerprint density at radius 3 is 2.33 bits per heavy atom. The summed E-state index contributed by atoms with van der Waals surface area (Å²) in [7, 11) is 2.12. The van der Waals surface area contributed by atoms with Crippen molar-refractivity contribution >= 4 is 23.2 Å². The molecule has 0 aromatic heterocycles. The van der Waals surface area contributed by atoms with Gasteiger partial charge in [-0.25, -0.2) is 0 Å². The molecule has 5 nitrogen and oxygen atoms in total. The minimum absolute atomic E-state index is 0.0202. The molecular weight excluding hydrogens is 326 g/mol. The van der Waals surface area contributed by atoms with Crippen LogP contribution in [0.25, 0.3) is 0 Å². The molecule has 0 spiro atoms. The van der Waals surface area contributed by atoms with Crippen LogP contribution >= 0.6 is 11.6 Å². The number of likely N-dealkylation sites (N-methyl/N-ethyl adjacent to an activating group) is 1. The number of nitrogens with zero attached hydrogens (tertiary/aromatic N) is 3. The fraction of sp³-hybridized carbons (Fsp3) is 0.389. The van der Waals surface area contributed by atoms with Gasteiger partial charge in [-0.1, -0.05) is 35.9 Å². The molecule has 0 saturated carbocycles. The first kappa shape index (κ1) is 16.7. The van der Waals surface area contributed by atoms with E-state index in [4.69, 9.17) is 16.9 Å². The predicted octanol–water partition coefficient (Wildman–Crippen LogP) is 2.19. The van der Waals surface area contributed by atoms with Crippen LogP contribution < -0.4 is 0 Å². The van der Waals surface area contributed by atoms with Crippen molar-refractivity contribution < 1.29 is 14.1 Å². The molecule has 1 fully saturated rings. The summed E-state index contributed by atoms with van der Waals surface area (Å²) in [5.74, 6) is -0.461. The molecule has 1 aromatic rings. The van der Waals surface area contributed by atoms with E-state index in [1.807, 2.05) is 4.90 Å². The summed E-state index contributed by atoms with van der Waals surface area (Å²) in [4.78, 5) is 27.2. The zero-order valence-electron chi connectivity index (χ0n) is 13.6. The van der Waals surface area contributed by atoms with Gasteiger partial charge in [0.1, 0.15) is 10.7 Å². The highest BCUT2D eigenvalue weighted by molar-refractivity contribution is 6.49. The van der Waals surface area contributed by atoms with E-state index in [-0.39, 0.29) is 16.6 Å². The summed E-state index contributed by atoms with van der Waals surface area (Å²) in [5, 5.41) is 8.80. The Balaban J connectivity index is 1.84. The van der Waals surface area contributed by atoms with Gasteiger partial charge >= 0.3 is 0 Å². The van der Waals surface area contributed by atoms with E-state index in [9.17, 15) is 9.59 Å². The SMILES string of the molecule is C[N+]1(CCC#N)CCN(C2=C(Cl)C(=O)c3ccccc3C2=O)CC1. The average Bonchev–Trinajstić information content (AvgIpc) is 2.60. The van der Waals surface area contributed by atoms with Crippen molar-refractivity contribution in [1.82, 2.24) is 4.90 Å². The van der Waals surface area contributed by atoms with Crippen LogP contribution in [0.3, 0.4) is 0 Å². The van der Waals surface area contributed by atoms with Crippen molar-refractivity contribution in [1.29, 1.82) is 5.26 Å². The molecule has 1 saturated heterocycles. The van der Waals surface area contributed by atoms with Crippen molar-refractivity contribution in [2.45, 2.75) is 6.42 Å². The van der Waals surface area contributed by atoms with Crippen LogP contribution in [0.15, 0.2) is 35.0 Å². The second-order valence-electron chi connectivity index (χ2n) is 6.55. The number of carbonyl (C=O) groups is 2. The Bertz CT molecular complexity index is 771. The molecule has 3 rings (SSSR count). The number of carbonyl (C=O) groups excluding carboxylic acids is 2. The van der Waals surface area contributed by atoms with Gasteiger partial charge in [-0.15, -0.1) is 0 Å². The first-order valence-corrected chi connectivity index (χ1v) is 8.38. The number of quaternary nitrogens is 1. The molecule has 0 N–H and O–H groups in total. The first-order valence-electron chi connectivity index (χ1n) is 8.00. The van der Waals surface area contributed by atoms with Gasteiger partial charge in [0.15, 0.2) is 0 Å². The van der Waals surface area contributed by atoms with E-state index in [2.05, 4.69) is 13.1 Å². The van der Waals surface area contributed by atoms with Crippen LogP contribution in [0, 0.1) is 11.3 Å². The summed E-state index contributed by atoms with van der Waals surface area (Å²) in [5.41, 5.74) is 1.13. The van der Waals surface area contributed by atoms with Gasteiger partial charge in [0.25, 0.3) is 0 Å². The molecule has 0 bridgehead atoms. The van der Waals surface area contributed by atoms with Gasteiger partial charge in [0.05, 0.1) is 52.3 Å². The quantitative estimate of drug-likeness (QED) is 0.789. The van der Waals surface area contributed by atoms with E-state index in [0.717, 1.165) is 24.1 Å². The molecule has 1 heterocycles. The largest absolute Gasteiger partial charge is 0.356 e. The predicted molar refractivity (Wildman–Crippen MR) is 90.6 cm³/mol. The molecule has 6 heteroatoms. The topological polar surface area (TPSA) is 61.2 Å². The number of halogens is 1. The Morgan fingerprint density at radius 1 is 1.17 bits per heavy atom. The fourth-order valence-electron chi connectivity index (χ4n) is 3.33. The summed E-state index contributed by atoms with van der Waals surface area (Å²) in [6.07, 6.45) is 0.519. The summed E-state index contributed by atoms with van der Waals surface area (Å²) < 4.78 is 0.799. The highest BCUT2D eigenvalue weighted by Gasteiger charge is 2.37. The number of benzene rings is 1. The molecule has 1 aliphatic heterocycles. The lowest BCUT2D eigenvalue weighted by atomic mass is 9.91. The molecule has 0 radical (unpaired) electrons. The fourth-order valence-corrected chi connectivity index (χ4v) is 3.64. The number of rotatable bonds is 3. The first-order chi connectivity index (χ1) is 11.5. The van der Waals surface area contributed by atoms with Gasteiger partial charge in [0, 0.05) is 11.1 Å². The number of piperazine rings is 1. The average molecular weight is 345 g/mol. The highest BCUT2D eigenvalue weighted by atomic mass is 35.5. The van der Waals surface area contributed by atoms with Crippen LogP contribution in [-0.2, 0) is 0 Å². The Labute approximate surface area is 146 Å². The van der Waals surface area contributed by atoms with Crippen molar-refractivity contribution in [2.24, 2.45) is 0 Å². The van der Waals surface area contributed by atoms with Crippen molar-refractivity contribution in [3.8, 4) is 6.07 Å². The minimum Gasteiger partial charge on any atom is -0.356 e. The van der Waals surface area contributed by atoms with E-state index >= 15 is 0 Å². The van der Waals surface area contributed by atoms with Crippen LogP contribution in [0.4, 0.5) is 0 Å². The number of allylic oxidation sites excluding steroid dienone is 2. The van der Waals surface area contributed by atoms with Crippen LogP contribution in [0.1, 0.15) is 27.1 Å². The number of Topliss-reactive ketones (excluding diaryl/α,β-unsaturated/α-hetero) is 2. The smallest absolute Gasteiger partial charge is 0.211 e. The molecule has 1 aromatic carbocycles. The summed E-state index contributed by atoms with van der Waals surface area (Å²) >= 11 is 6.26. The van der Waals surface area contributed by atoms with E-state index in [0.29, 0.717) is 36.3 Å². The van der Waals surface area contributed by atoms with E-state index in [1.54, 1.807) is 24.3 Å². The number of fused-ring (bicyclic) bond motifs is 1. The Morgan fingerprint density at radius 2 is 1.75 bits per heavy atom. The third-order valence-corrected chi connectivity index (χ3v) is 5.29. The Kier molecular flexibility index (Phi) is 4.44. The Hall–Kier alpha value is -2.16. The maximum absolute atomic E-state index is 12.8. The van der Waals surface area contributed by atoms with Crippen molar-refractivity contribution in [3.05, 3.63) is 46.1 Å². The highest BCUT2D eigenvalue weighted by Crippen LogP contribution is 2.31. The van der Waals surface area contributed by atoms with Crippen LogP contribution in [0.5, 0.6) is 0 Å². The number of hydrogen-bond donors (Lipinski definition) is 0. The maximum Gasteiger partial charge on any atom is 0.211 e. The minimum atomic E-state index is -0.283. The van der Waals surface area contributed by atoms with Crippen LogP contribution in [-0.4, -0.2) is 60.7 Å². The monoisotopic (exact) mass is 344 g/mol. The molecular formula is C18H19ClN3O2+. The molecule has 2 aliphatic rings. The van der Waals surface area contributed by atoms with Crippen molar-refractivity contribution in [2.75, 3.05) is 39.8 Å². The van der Waals surface area contributed by atoms with Gasteiger partial charge < -0.3 is 9.38 Å². The number of hydrogen-bond acceptors (Lipinski definition) is 4. The van der Waals surface area contributed by atoms with Gasteiger partial charge in [0.2, 0.25) is 11.6 Å². The third kappa shape index (κ3) is 2.83. The molecule has 0 unspecified atom stereocenters. The molecule has 1 aliphatic carbocycles. The summed E-state index contributed by atoms with van der Waals surface area (Å²) in [6.45, 7) is 3.73. The van der Waals surface area contributed by atoms with Gasteiger partial charge in [-0.3, -0.25) is 9.59 Å². The molecule has 24 heavy (non-hydrogen) atoms. The molecule has 0 atom stereocenters. The van der Waals surface area contributed by atoms with Gasteiger partial charge in [-0.05, 0) is 0 Å². The number of nitriles is 1. The van der Waals surface area contributed by atoms with Crippen molar-refractivity contribution in [3.63, 3.8) is 0 Å². The van der Waals surface area contributed by atoms with E-state index < -0.39 is 0 Å². The lowest BCUT2D eigenvalue weighted by Gasteiger charge is -2.43. The summed E-state index contributed by atoms with van der Waals surface area (Å²) in [6, 6.07) is 8.99. The third-order valence-electron chi connectivity index (χ3n) is 4.94. The number of ketones is 2.